The van der Waals surface area contributed by atoms with Crippen LogP contribution in [0.2, 0.25) is 0 Å². The smallest absolute Gasteiger partial charge is 0.306 e. The van der Waals surface area contributed by atoms with Crippen molar-refractivity contribution in [3.8, 4) is 0 Å². The highest BCUT2D eigenvalue weighted by molar-refractivity contribution is 7.45. The van der Waals surface area contributed by atoms with Crippen molar-refractivity contribution in [1.29, 1.82) is 0 Å². The third kappa shape index (κ3) is 73.2. The van der Waals surface area contributed by atoms with E-state index in [0.717, 1.165) is 122 Å². The molecular weight excluding hydrogens is 1130 g/mol. The molecule has 90 heavy (non-hydrogen) atoms. The molecule has 0 aliphatic rings. The number of carbonyl (C=O) groups excluding carboxylic acids is 2. The number of rotatable bonds is 67. The molecule has 0 aliphatic carbocycles. The normalized spacial score (nSPS) is 13.9. The van der Waals surface area contributed by atoms with Crippen LogP contribution in [0.4, 0.5) is 0 Å². The van der Waals surface area contributed by atoms with Gasteiger partial charge < -0.3 is 27.9 Å². The first-order valence-electron chi connectivity index (χ1n) is 36.9. The van der Waals surface area contributed by atoms with Crippen molar-refractivity contribution in [2.75, 3.05) is 47.5 Å². The van der Waals surface area contributed by atoms with Crippen molar-refractivity contribution in [2.24, 2.45) is 0 Å². The predicted molar refractivity (Wildman–Crippen MR) is 388 cm³/mol. The van der Waals surface area contributed by atoms with Crippen LogP contribution in [-0.2, 0) is 32.7 Å². The standard InChI is InChI=1S/C80H138NO8P/c1-6-8-10-12-14-16-18-20-22-24-26-28-30-32-34-36-37-38-39-40-41-42-43-45-47-49-51-53-55-57-59-61-63-65-67-69-71-73-80(83)89-78(77-88-90(84,85)87-75-74-81(3,4)5)76-86-79(82)72-70-68-66-64-62-60-58-56-54-52-50-48-46-44-35-33-31-29-27-25-23-21-19-17-15-13-11-9-7-2/h8,10,14,16,20,22,25-28,32,34,37-38,40-41,43,45,49,51,55,57,78H,6-7,9,11-13,15,17-19,21,23-24,29-31,33,35-36,39,42,44,46-48,50,52-54,56,58-77H2,1-5H3/b10-8-,16-14-,22-20-,27-25-,28-26-,34-32-,38-37-,41-40-,45-43-,51-49-,57-55-. The average molecular weight is 1270 g/mol. The van der Waals surface area contributed by atoms with Gasteiger partial charge in [-0.05, 0) is 116 Å². The van der Waals surface area contributed by atoms with Gasteiger partial charge in [0.2, 0.25) is 0 Å². The number of carbonyl (C=O) groups is 2. The van der Waals surface area contributed by atoms with E-state index in [4.69, 9.17) is 18.5 Å². The Labute approximate surface area is 555 Å². The van der Waals surface area contributed by atoms with E-state index in [1.807, 2.05) is 21.1 Å². The minimum atomic E-state index is -4.66. The maximum atomic E-state index is 12.9. The van der Waals surface area contributed by atoms with Gasteiger partial charge in [0, 0.05) is 12.8 Å². The lowest BCUT2D eigenvalue weighted by molar-refractivity contribution is -0.870. The highest BCUT2D eigenvalue weighted by Gasteiger charge is 2.22. The Morgan fingerprint density at radius 3 is 0.956 bits per heavy atom. The van der Waals surface area contributed by atoms with E-state index in [9.17, 15) is 19.0 Å². The lowest BCUT2D eigenvalue weighted by atomic mass is 10.0. The van der Waals surface area contributed by atoms with Crippen LogP contribution in [0.15, 0.2) is 134 Å². The molecule has 0 aromatic heterocycles. The Morgan fingerprint density at radius 1 is 0.356 bits per heavy atom. The summed E-state index contributed by atoms with van der Waals surface area (Å²) in [4.78, 5) is 38.1. The monoisotopic (exact) mass is 1270 g/mol. The van der Waals surface area contributed by atoms with Crippen LogP contribution >= 0.6 is 7.82 Å². The van der Waals surface area contributed by atoms with Crippen LogP contribution in [0.25, 0.3) is 0 Å². The Balaban J connectivity index is 4.11. The van der Waals surface area contributed by atoms with Gasteiger partial charge in [0.25, 0.3) is 7.82 Å². The first-order valence-corrected chi connectivity index (χ1v) is 38.4. The summed E-state index contributed by atoms with van der Waals surface area (Å²) in [6, 6.07) is 0. The van der Waals surface area contributed by atoms with Gasteiger partial charge in [0.15, 0.2) is 6.10 Å². The molecule has 0 saturated carbocycles. The Morgan fingerprint density at radius 2 is 0.633 bits per heavy atom. The summed E-state index contributed by atoms with van der Waals surface area (Å²) in [7, 11) is 1.15. The van der Waals surface area contributed by atoms with E-state index < -0.39 is 26.5 Å². The molecule has 0 spiro atoms. The third-order valence-corrected chi connectivity index (χ3v) is 16.6. The summed E-state index contributed by atoms with van der Waals surface area (Å²) >= 11 is 0. The van der Waals surface area contributed by atoms with Gasteiger partial charge in [-0.15, -0.1) is 0 Å². The second-order valence-corrected chi connectivity index (χ2v) is 27.0. The first-order chi connectivity index (χ1) is 44.0. The minimum Gasteiger partial charge on any atom is -0.756 e. The lowest BCUT2D eigenvalue weighted by Gasteiger charge is -2.28. The molecule has 0 radical (unpaired) electrons. The van der Waals surface area contributed by atoms with Gasteiger partial charge in [-0.25, -0.2) is 0 Å². The van der Waals surface area contributed by atoms with Crippen LogP contribution in [0.1, 0.15) is 309 Å². The molecule has 516 valence electrons. The number of likely N-dealkylation sites (N-methyl/N-ethyl adjacent to an activating group) is 1. The first kappa shape index (κ1) is 86.2. The molecular formula is C80H138NO8P. The second-order valence-electron chi connectivity index (χ2n) is 25.6. The van der Waals surface area contributed by atoms with Gasteiger partial charge in [-0.2, -0.15) is 0 Å². The van der Waals surface area contributed by atoms with Crippen molar-refractivity contribution in [2.45, 2.75) is 315 Å². The summed E-state index contributed by atoms with van der Waals surface area (Å²) in [5, 5.41) is 0. The van der Waals surface area contributed by atoms with Crippen LogP contribution < -0.4 is 4.89 Å². The van der Waals surface area contributed by atoms with Crippen molar-refractivity contribution in [3.63, 3.8) is 0 Å². The fourth-order valence-electron chi connectivity index (χ4n) is 10.0. The Bertz CT molecular complexity index is 1980. The number of phosphoric ester groups is 1. The predicted octanol–water partition coefficient (Wildman–Crippen LogP) is 23.8. The molecule has 0 aromatic carbocycles. The lowest BCUT2D eigenvalue weighted by Crippen LogP contribution is -2.37. The van der Waals surface area contributed by atoms with E-state index in [1.165, 1.54) is 154 Å². The van der Waals surface area contributed by atoms with Crippen molar-refractivity contribution in [3.05, 3.63) is 134 Å². The molecule has 9 nitrogen and oxygen atoms in total. The highest BCUT2D eigenvalue weighted by Crippen LogP contribution is 2.38. The van der Waals surface area contributed by atoms with E-state index >= 15 is 0 Å². The number of hydrogen-bond acceptors (Lipinski definition) is 8. The maximum Gasteiger partial charge on any atom is 0.306 e. The number of quaternary nitrogens is 1. The molecule has 0 saturated heterocycles. The van der Waals surface area contributed by atoms with Crippen LogP contribution in [0, 0.1) is 0 Å². The highest BCUT2D eigenvalue weighted by atomic mass is 31.2. The number of unbranched alkanes of at least 4 members (excludes halogenated alkanes) is 31. The van der Waals surface area contributed by atoms with Gasteiger partial charge in [0.1, 0.15) is 19.8 Å². The van der Waals surface area contributed by atoms with Crippen LogP contribution in [0.5, 0.6) is 0 Å². The second kappa shape index (κ2) is 69.5. The molecule has 0 bridgehead atoms. The van der Waals surface area contributed by atoms with Gasteiger partial charge >= 0.3 is 11.9 Å². The summed E-state index contributed by atoms with van der Waals surface area (Å²) in [5.74, 6) is -0.848. The minimum absolute atomic E-state index is 0.0393. The Hall–Kier alpha value is -3.85. The largest absolute Gasteiger partial charge is 0.756 e. The molecule has 0 aliphatic heterocycles. The van der Waals surface area contributed by atoms with E-state index in [0.29, 0.717) is 17.4 Å². The molecule has 0 rings (SSSR count). The van der Waals surface area contributed by atoms with Gasteiger partial charge in [-0.3, -0.25) is 14.2 Å². The molecule has 0 heterocycles. The summed E-state index contributed by atoms with van der Waals surface area (Å²) in [6.07, 6.45) is 101. The number of hydrogen-bond donors (Lipinski definition) is 0. The summed E-state index contributed by atoms with van der Waals surface area (Å²) < 4.78 is 34.3. The van der Waals surface area contributed by atoms with Crippen molar-refractivity contribution < 1.29 is 42.1 Å². The fraction of sp³-hybridized carbons (Fsp3) is 0.700. The molecule has 2 unspecified atom stereocenters. The summed E-state index contributed by atoms with van der Waals surface area (Å²) in [6.45, 7) is 4.13. The zero-order valence-electron chi connectivity index (χ0n) is 58.8. The zero-order valence-corrected chi connectivity index (χ0v) is 59.7. The molecule has 2 atom stereocenters. The average Bonchev–Trinajstić information content (AvgIpc) is 3.58. The molecule has 0 amide bonds. The number of nitrogens with zero attached hydrogens (tertiary/aromatic N) is 1. The SMILES string of the molecule is CC/C=C\C/C=C\C/C=C\C/C=C\C/C=C\C/C=C\C/C=C\C/C=C\C/C=C\C/C=C\CCCCCCCCC(=O)OC(COC(=O)CCCCCCCCCCCCCCCCCCC/C=C\CCCCCCCCCC)COP(=O)([O-])OCC[N+](C)(C)C. The molecule has 10 heteroatoms. The molecule has 0 fully saturated rings. The zero-order chi connectivity index (χ0) is 65.5. The summed E-state index contributed by atoms with van der Waals surface area (Å²) in [5.41, 5.74) is 0. The third-order valence-electron chi connectivity index (χ3n) is 15.7. The van der Waals surface area contributed by atoms with Crippen molar-refractivity contribution in [1.82, 2.24) is 0 Å². The quantitative estimate of drug-likeness (QED) is 0.0195. The van der Waals surface area contributed by atoms with Crippen LogP contribution in [-0.4, -0.2) is 70.0 Å². The molecule has 0 N–H and O–H groups in total. The van der Waals surface area contributed by atoms with E-state index in [-0.39, 0.29) is 32.0 Å². The van der Waals surface area contributed by atoms with Crippen LogP contribution in [0.3, 0.4) is 0 Å². The fourth-order valence-corrected chi connectivity index (χ4v) is 10.8. The number of allylic oxidation sites excluding steroid dienone is 22. The van der Waals surface area contributed by atoms with E-state index in [2.05, 4.69) is 148 Å². The maximum absolute atomic E-state index is 12.9. The number of esters is 2. The number of phosphoric acid groups is 1. The molecule has 0 aromatic rings. The van der Waals surface area contributed by atoms with Crippen molar-refractivity contribution >= 4 is 19.8 Å². The van der Waals surface area contributed by atoms with Gasteiger partial charge in [0.05, 0.1) is 27.7 Å². The van der Waals surface area contributed by atoms with Gasteiger partial charge in [-0.1, -0.05) is 314 Å². The Kier molecular flexibility index (Phi) is 66.5. The van der Waals surface area contributed by atoms with E-state index in [1.54, 1.807) is 0 Å². The number of ether oxygens (including phenoxy) is 2. The topological polar surface area (TPSA) is 111 Å².